The lowest BCUT2D eigenvalue weighted by atomic mass is 10.1. The van der Waals surface area contributed by atoms with Gasteiger partial charge in [0.05, 0.1) is 17.8 Å². The fourth-order valence-electron chi connectivity index (χ4n) is 2.58. The van der Waals surface area contributed by atoms with E-state index in [9.17, 15) is 0 Å². The van der Waals surface area contributed by atoms with E-state index in [-0.39, 0.29) is 6.04 Å². The highest BCUT2D eigenvalue weighted by Crippen LogP contribution is 2.26. The number of para-hydroxylation sites is 1. The van der Waals surface area contributed by atoms with Crippen molar-refractivity contribution in [2.24, 2.45) is 0 Å². The van der Waals surface area contributed by atoms with Gasteiger partial charge in [0, 0.05) is 5.39 Å². The van der Waals surface area contributed by atoms with Crippen LogP contribution in [0.2, 0.25) is 0 Å². The predicted octanol–water partition coefficient (Wildman–Crippen LogP) is 3.58. The second-order valence-electron chi connectivity index (χ2n) is 5.02. The Bertz CT molecular complexity index is 621. The molecule has 1 atom stereocenters. The van der Waals surface area contributed by atoms with Crippen LogP contribution in [0.3, 0.4) is 0 Å². The normalized spacial score (nSPS) is 16.6. The van der Waals surface area contributed by atoms with Crippen LogP contribution in [0, 0.1) is 0 Å². The van der Waals surface area contributed by atoms with Crippen molar-refractivity contribution in [3.05, 3.63) is 53.9 Å². The molecule has 0 radical (unpaired) electrons. The first kappa shape index (κ1) is 13.1. The summed E-state index contributed by atoms with van der Waals surface area (Å²) in [5.41, 5.74) is 2.06. The molecular weight excluding hydrogens is 248 g/mol. The minimum atomic E-state index is 0.0601. The average molecular weight is 268 g/mol. The van der Waals surface area contributed by atoms with Crippen molar-refractivity contribution in [3.63, 3.8) is 0 Å². The van der Waals surface area contributed by atoms with Crippen LogP contribution in [0.15, 0.2) is 48.2 Å². The number of nitrogens with zero attached hydrogens (tertiary/aromatic N) is 1. The van der Waals surface area contributed by atoms with Crippen LogP contribution in [0.4, 0.5) is 0 Å². The Morgan fingerprint density at radius 1 is 1.25 bits per heavy atom. The first-order valence-corrected chi connectivity index (χ1v) is 7.30. The number of allylic oxidation sites excluding steroid dienone is 1. The topological polar surface area (TPSA) is 34.1 Å². The Balaban J connectivity index is 1.97. The molecule has 3 nitrogen and oxygen atoms in total. The summed E-state index contributed by atoms with van der Waals surface area (Å²) in [6.07, 6.45) is 4.38. The van der Waals surface area contributed by atoms with Crippen molar-refractivity contribution in [2.75, 3.05) is 13.2 Å². The van der Waals surface area contributed by atoms with Gasteiger partial charge in [0.25, 0.3) is 0 Å². The van der Waals surface area contributed by atoms with Crippen LogP contribution in [-0.4, -0.2) is 18.1 Å². The third kappa shape index (κ3) is 2.68. The SMILES string of the molecule is CCNC(C1=CCCCO1)c1ccc2ccccc2n1. The molecule has 2 heterocycles. The molecule has 0 bridgehead atoms. The van der Waals surface area contributed by atoms with E-state index in [1.165, 1.54) is 5.39 Å². The quantitative estimate of drug-likeness (QED) is 0.920. The molecular formula is C17H20N2O. The number of ether oxygens (including phenoxy) is 1. The Labute approximate surface area is 119 Å². The smallest absolute Gasteiger partial charge is 0.115 e. The van der Waals surface area contributed by atoms with Gasteiger partial charge in [-0.15, -0.1) is 0 Å². The van der Waals surface area contributed by atoms with Crippen LogP contribution in [0.25, 0.3) is 10.9 Å². The van der Waals surface area contributed by atoms with Gasteiger partial charge >= 0.3 is 0 Å². The van der Waals surface area contributed by atoms with Crippen LogP contribution < -0.4 is 5.32 Å². The standard InChI is InChI=1S/C17H20N2O/c1-2-18-17(16-9-5-6-12-20-16)15-11-10-13-7-3-4-8-14(13)19-15/h3-4,7-11,17-18H,2,5-6,12H2,1H3. The molecule has 0 saturated heterocycles. The van der Waals surface area contributed by atoms with Gasteiger partial charge in [-0.05, 0) is 37.6 Å². The lowest BCUT2D eigenvalue weighted by Gasteiger charge is -2.24. The molecule has 20 heavy (non-hydrogen) atoms. The summed E-state index contributed by atoms with van der Waals surface area (Å²) in [4.78, 5) is 4.79. The molecule has 0 aliphatic carbocycles. The Morgan fingerprint density at radius 3 is 2.95 bits per heavy atom. The van der Waals surface area contributed by atoms with Crippen molar-refractivity contribution in [1.29, 1.82) is 0 Å². The third-order valence-corrected chi connectivity index (χ3v) is 3.57. The lowest BCUT2D eigenvalue weighted by molar-refractivity contribution is 0.167. The Hall–Kier alpha value is -1.87. The van der Waals surface area contributed by atoms with Crippen molar-refractivity contribution in [2.45, 2.75) is 25.8 Å². The fraction of sp³-hybridized carbons (Fsp3) is 0.353. The van der Waals surface area contributed by atoms with E-state index in [0.717, 1.165) is 43.0 Å². The van der Waals surface area contributed by atoms with Crippen LogP contribution >= 0.6 is 0 Å². The molecule has 1 aliphatic heterocycles. The maximum atomic E-state index is 5.82. The zero-order valence-electron chi connectivity index (χ0n) is 11.8. The van der Waals surface area contributed by atoms with Crippen LogP contribution in [0.1, 0.15) is 31.5 Å². The van der Waals surface area contributed by atoms with Gasteiger partial charge in [0.2, 0.25) is 0 Å². The summed E-state index contributed by atoms with van der Waals surface area (Å²) in [6.45, 7) is 3.80. The average Bonchev–Trinajstić information content (AvgIpc) is 2.53. The van der Waals surface area contributed by atoms with Crippen LogP contribution in [0.5, 0.6) is 0 Å². The molecule has 3 heteroatoms. The highest BCUT2D eigenvalue weighted by molar-refractivity contribution is 5.78. The molecule has 0 fully saturated rings. The number of benzene rings is 1. The lowest BCUT2D eigenvalue weighted by Crippen LogP contribution is -2.26. The molecule has 2 aromatic rings. The van der Waals surface area contributed by atoms with E-state index < -0.39 is 0 Å². The summed E-state index contributed by atoms with van der Waals surface area (Å²) in [7, 11) is 0. The molecule has 1 N–H and O–H groups in total. The van der Waals surface area contributed by atoms with E-state index in [1.54, 1.807) is 0 Å². The second-order valence-corrected chi connectivity index (χ2v) is 5.02. The van der Waals surface area contributed by atoms with Gasteiger partial charge in [-0.25, -0.2) is 0 Å². The number of rotatable bonds is 4. The Kier molecular flexibility index (Phi) is 3.97. The maximum absolute atomic E-state index is 5.82. The van der Waals surface area contributed by atoms with E-state index >= 15 is 0 Å². The summed E-state index contributed by atoms with van der Waals surface area (Å²) >= 11 is 0. The number of likely N-dealkylation sites (N-methyl/N-ethyl adjacent to an activating group) is 1. The number of pyridine rings is 1. The minimum Gasteiger partial charge on any atom is -0.496 e. The van der Waals surface area contributed by atoms with Gasteiger partial charge < -0.3 is 10.1 Å². The van der Waals surface area contributed by atoms with E-state index in [4.69, 9.17) is 9.72 Å². The summed E-state index contributed by atoms with van der Waals surface area (Å²) in [5.74, 6) is 1.01. The van der Waals surface area contributed by atoms with Crippen LogP contribution in [-0.2, 0) is 4.74 Å². The highest BCUT2D eigenvalue weighted by atomic mass is 16.5. The molecule has 3 rings (SSSR count). The summed E-state index contributed by atoms with van der Waals surface area (Å²) in [6, 6.07) is 12.5. The van der Waals surface area contributed by atoms with Crippen molar-refractivity contribution in [3.8, 4) is 0 Å². The zero-order chi connectivity index (χ0) is 13.8. The van der Waals surface area contributed by atoms with Gasteiger partial charge in [-0.2, -0.15) is 0 Å². The number of hydrogen-bond acceptors (Lipinski definition) is 3. The summed E-state index contributed by atoms with van der Waals surface area (Å²) < 4.78 is 5.82. The third-order valence-electron chi connectivity index (χ3n) is 3.57. The molecule has 1 aromatic heterocycles. The van der Waals surface area contributed by atoms with Crippen molar-refractivity contribution < 1.29 is 4.74 Å². The van der Waals surface area contributed by atoms with E-state index in [2.05, 4.69) is 42.6 Å². The molecule has 0 amide bonds. The fourth-order valence-corrected chi connectivity index (χ4v) is 2.58. The summed E-state index contributed by atoms with van der Waals surface area (Å²) in [5, 5.41) is 4.65. The highest BCUT2D eigenvalue weighted by Gasteiger charge is 2.20. The van der Waals surface area contributed by atoms with Gasteiger partial charge in [-0.3, -0.25) is 4.98 Å². The van der Waals surface area contributed by atoms with Gasteiger partial charge in [-0.1, -0.05) is 31.2 Å². The number of nitrogens with one attached hydrogen (secondary N) is 1. The Morgan fingerprint density at radius 2 is 2.15 bits per heavy atom. The van der Waals surface area contributed by atoms with Gasteiger partial charge in [0.1, 0.15) is 11.8 Å². The first-order chi connectivity index (χ1) is 9.88. The van der Waals surface area contributed by atoms with E-state index in [1.807, 2.05) is 12.1 Å². The van der Waals surface area contributed by atoms with Crippen molar-refractivity contribution >= 4 is 10.9 Å². The number of hydrogen-bond donors (Lipinski definition) is 1. The number of fused-ring (bicyclic) bond motifs is 1. The minimum absolute atomic E-state index is 0.0601. The molecule has 104 valence electrons. The van der Waals surface area contributed by atoms with Crippen molar-refractivity contribution in [1.82, 2.24) is 10.3 Å². The second kappa shape index (κ2) is 6.06. The van der Waals surface area contributed by atoms with E-state index in [0.29, 0.717) is 0 Å². The molecule has 1 unspecified atom stereocenters. The molecule has 0 spiro atoms. The maximum Gasteiger partial charge on any atom is 0.115 e. The van der Waals surface area contributed by atoms with Gasteiger partial charge in [0.15, 0.2) is 0 Å². The molecule has 1 aromatic carbocycles. The largest absolute Gasteiger partial charge is 0.496 e. The molecule has 1 aliphatic rings. The first-order valence-electron chi connectivity index (χ1n) is 7.30. The predicted molar refractivity (Wildman–Crippen MR) is 81.4 cm³/mol. The monoisotopic (exact) mass is 268 g/mol. The zero-order valence-corrected chi connectivity index (χ0v) is 11.8. The number of aromatic nitrogens is 1. The molecule has 0 saturated carbocycles.